The van der Waals surface area contributed by atoms with Gasteiger partial charge in [-0.25, -0.2) is 4.98 Å². The Kier molecular flexibility index (Phi) is 4.75. The van der Waals surface area contributed by atoms with Crippen molar-refractivity contribution in [1.82, 2.24) is 4.98 Å². The number of aromatic nitrogens is 1. The second-order valence-electron chi connectivity index (χ2n) is 3.78. The van der Waals surface area contributed by atoms with Gasteiger partial charge in [0.05, 0.1) is 0 Å². The highest BCUT2D eigenvalue weighted by atomic mass is 32.2. The van der Waals surface area contributed by atoms with Gasteiger partial charge < -0.3 is 5.32 Å². The molecule has 0 radical (unpaired) electrons. The van der Waals surface area contributed by atoms with E-state index in [1.807, 2.05) is 25.1 Å². The summed E-state index contributed by atoms with van der Waals surface area (Å²) in [6, 6.07) is 6.21. The first kappa shape index (κ1) is 12.2. The highest BCUT2D eigenvalue weighted by Gasteiger charge is 2.03. The molecule has 0 saturated heterocycles. The second-order valence-corrected chi connectivity index (χ2v) is 5.33. The van der Waals surface area contributed by atoms with Crippen LogP contribution in [0.3, 0.4) is 0 Å². The molecule has 1 aromatic rings. The van der Waals surface area contributed by atoms with E-state index >= 15 is 0 Å². The molecule has 2 unspecified atom stereocenters. The third-order valence-electron chi connectivity index (χ3n) is 2.12. The molecule has 0 aliphatic carbocycles. The summed E-state index contributed by atoms with van der Waals surface area (Å²) in [5, 5.41) is 3.29. The molecule has 0 aliphatic rings. The minimum atomic E-state index is -0.709. The van der Waals surface area contributed by atoms with Crippen molar-refractivity contribution in [3.05, 3.63) is 23.9 Å². The van der Waals surface area contributed by atoms with E-state index in [1.54, 1.807) is 6.26 Å². The monoisotopic (exact) mass is 226 g/mol. The highest BCUT2D eigenvalue weighted by Crippen LogP contribution is 2.07. The number of anilines is 1. The van der Waals surface area contributed by atoms with Gasteiger partial charge in [0.2, 0.25) is 0 Å². The number of rotatable bonds is 5. The Bertz CT molecular complexity index is 341. The molecule has 0 bridgehead atoms. The third kappa shape index (κ3) is 4.93. The van der Waals surface area contributed by atoms with Gasteiger partial charge in [0.15, 0.2) is 0 Å². The first-order valence-electron chi connectivity index (χ1n) is 5.08. The number of pyridine rings is 1. The van der Waals surface area contributed by atoms with Crippen LogP contribution in [0.15, 0.2) is 18.2 Å². The summed E-state index contributed by atoms with van der Waals surface area (Å²) in [7, 11) is -0.709. The zero-order valence-corrected chi connectivity index (χ0v) is 10.3. The summed E-state index contributed by atoms with van der Waals surface area (Å²) in [5.41, 5.74) is 1.01. The third-order valence-corrected chi connectivity index (χ3v) is 2.93. The lowest BCUT2D eigenvalue weighted by molar-refractivity contribution is 0.678. The minimum absolute atomic E-state index is 0.309. The van der Waals surface area contributed by atoms with Gasteiger partial charge in [-0.2, -0.15) is 0 Å². The first-order chi connectivity index (χ1) is 7.08. The van der Waals surface area contributed by atoms with Crippen molar-refractivity contribution in [1.29, 1.82) is 0 Å². The van der Waals surface area contributed by atoms with Crippen LogP contribution in [0, 0.1) is 6.92 Å². The maximum atomic E-state index is 10.9. The smallest absolute Gasteiger partial charge is 0.126 e. The van der Waals surface area contributed by atoms with Crippen molar-refractivity contribution in [3.63, 3.8) is 0 Å². The molecule has 0 amide bonds. The molecular formula is C11H18N2OS. The van der Waals surface area contributed by atoms with Crippen molar-refractivity contribution < 1.29 is 4.21 Å². The first-order valence-corrected chi connectivity index (χ1v) is 6.81. The molecule has 3 nitrogen and oxygen atoms in total. The van der Waals surface area contributed by atoms with Gasteiger partial charge in [0.1, 0.15) is 5.82 Å². The molecule has 15 heavy (non-hydrogen) atoms. The van der Waals surface area contributed by atoms with Crippen LogP contribution in [-0.4, -0.2) is 27.2 Å². The molecule has 1 aromatic heterocycles. The predicted molar refractivity (Wildman–Crippen MR) is 65.6 cm³/mol. The number of nitrogens with one attached hydrogen (secondary N) is 1. The summed E-state index contributed by atoms with van der Waals surface area (Å²) in [4.78, 5) is 4.35. The number of hydrogen-bond donors (Lipinski definition) is 1. The summed E-state index contributed by atoms with van der Waals surface area (Å²) in [5.74, 6) is 1.63. The molecule has 84 valence electrons. The zero-order valence-electron chi connectivity index (χ0n) is 9.49. The van der Waals surface area contributed by atoms with Crippen molar-refractivity contribution in [2.45, 2.75) is 26.3 Å². The van der Waals surface area contributed by atoms with Gasteiger partial charge in [0.25, 0.3) is 0 Å². The van der Waals surface area contributed by atoms with E-state index in [4.69, 9.17) is 0 Å². The average molecular weight is 226 g/mol. The maximum absolute atomic E-state index is 10.9. The Labute approximate surface area is 93.8 Å². The summed E-state index contributed by atoms with van der Waals surface area (Å²) >= 11 is 0. The lowest BCUT2D eigenvalue weighted by atomic mass is 10.2. The van der Waals surface area contributed by atoms with Gasteiger partial charge in [0, 0.05) is 34.5 Å². The lowest BCUT2D eigenvalue weighted by Crippen LogP contribution is -2.18. The van der Waals surface area contributed by atoms with E-state index in [-0.39, 0.29) is 0 Å². The van der Waals surface area contributed by atoms with E-state index in [9.17, 15) is 4.21 Å². The van der Waals surface area contributed by atoms with E-state index < -0.39 is 10.8 Å². The highest BCUT2D eigenvalue weighted by molar-refractivity contribution is 7.84. The van der Waals surface area contributed by atoms with Crippen molar-refractivity contribution in [2.24, 2.45) is 0 Å². The largest absolute Gasteiger partial charge is 0.368 e. The van der Waals surface area contributed by atoms with Crippen LogP contribution in [0.4, 0.5) is 5.82 Å². The Morgan fingerprint density at radius 3 is 2.87 bits per heavy atom. The summed E-state index contributed by atoms with van der Waals surface area (Å²) in [6.45, 7) is 4.05. The van der Waals surface area contributed by atoms with E-state index in [0.29, 0.717) is 6.04 Å². The molecule has 0 saturated carbocycles. The minimum Gasteiger partial charge on any atom is -0.368 e. The Morgan fingerprint density at radius 2 is 2.27 bits per heavy atom. The van der Waals surface area contributed by atoms with Crippen molar-refractivity contribution >= 4 is 16.6 Å². The molecule has 2 atom stereocenters. The number of nitrogens with zero attached hydrogens (tertiary/aromatic N) is 1. The molecule has 1 rings (SSSR count). The van der Waals surface area contributed by atoms with E-state index in [0.717, 1.165) is 23.7 Å². The second kappa shape index (κ2) is 5.85. The van der Waals surface area contributed by atoms with Crippen LogP contribution in [-0.2, 0) is 10.8 Å². The molecule has 0 fully saturated rings. The van der Waals surface area contributed by atoms with Gasteiger partial charge in [-0.1, -0.05) is 6.07 Å². The predicted octanol–water partition coefficient (Wildman–Crippen LogP) is 1.96. The fourth-order valence-corrected chi connectivity index (χ4v) is 1.98. The molecule has 4 heteroatoms. The SMILES string of the molecule is Cc1cccc(NC(C)CCS(C)=O)n1. The molecule has 0 aliphatic heterocycles. The van der Waals surface area contributed by atoms with Gasteiger partial charge in [-0.05, 0) is 32.4 Å². The quantitative estimate of drug-likeness (QED) is 0.834. The summed E-state index contributed by atoms with van der Waals surface area (Å²) < 4.78 is 10.9. The Morgan fingerprint density at radius 1 is 1.53 bits per heavy atom. The van der Waals surface area contributed by atoms with Gasteiger partial charge >= 0.3 is 0 Å². The maximum Gasteiger partial charge on any atom is 0.126 e. The number of hydrogen-bond acceptors (Lipinski definition) is 3. The fraction of sp³-hybridized carbons (Fsp3) is 0.545. The standard InChI is InChI=1S/C11H18N2OS/c1-9-5-4-6-11(12-9)13-10(2)7-8-15(3)14/h4-6,10H,7-8H2,1-3H3,(H,12,13). The van der Waals surface area contributed by atoms with Crippen LogP contribution in [0.1, 0.15) is 19.0 Å². The van der Waals surface area contributed by atoms with Crippen molar-refractivity contribution in [2.75, 3.05) is 17.3 Å². The van der Waals surface area contributed by atoms with Crippen LogP contribution >= 0.6 is 0 Å². The van der Waals surface area contributed by atoms with Gasteiger partial charge in [-0.15, -0.1) is 0 Å². The van der Waals surface area contributed by atoms with Crippen molar-refractivity contribution in [3.8, 4) is 0 Å². The lowest BCUT2D eigenvalue weighted by Gasteiger charge is -2.13. The van der Waals surface area contributed by atoms with Crippen LogP contribution in [0.2, 0.25) is 0 Å². The zero-order chi connectivity index (χ0) is 11.3. The molecule has 1 N–H and O–H groups in total. The molecule has 0 aromatic carbocycles. The Hall–Kier alpha value is -0.900. The van der Waals surface area contributed by atoms with E-state index in [1.165, 1.54) is 0 Å². The van der Waals surface area contributed by atoms with E-state index in [2.05, 4.69) is 17.2 Å². The average Bonchev–Trinajstić information content (AvgIpc) is 2.15. The van der Waals surface area contributed by atoms with Crippen LogP contribution in [0.5, 0.6) is 0 Å². The number of aryl methyl sites for hydroxylation is 1. The Balaban J connectivity index is 2.44. The topological polar surface area (TPSA) is 42.0 Å². The summed E-state index contributed by atoms with van der Waals surface area (Å²) in [6.07, 6.45) is 2.64. The normalized spacial score (nSPS) is 14.6. The van der Waals surface area contributed by atoms with Crippen LogP contribution < -0.4 is 5.32 Å². The molecule has 0 spiro atoms. The van der Waals surface area contributed by atoms with Crippen LogP contribution in [0.25, 0.3) is 0 Å². The fourth-order valence-electron chi connectivity index (χ4n) is 1.29. The van der Waals surface area contributed by atoms with Gasteiger partial charge in [-0.3, -0.25) is 4.21 Å². The molecule has 1 heterocycles. The molecular weight excluding hydrogens is 208 g/mol.